The molecule has 130 valence electrons. The van der Waals surface area contributed by atoms with Gasteiger partial charge in [0.1, 0.15) is 12.8 Å². The molecule has 1 heterocycles. The molecule has 2 aromatic carbocycles. The first-order chi connectivity index (χ1) is 12.2. The van der Waals surface area contributed by atoms with Crippen LogP contribution in [0, 0.1) is 0 Å². The van der Waals surface area contributed by atoms with Crippen molar-refractivity contribution < 1.29 is 18.8 Å². The Kier molecular flexibility index (Phi) is 5.08. The zero-order valence-corrected chi connectivity index (χ0v) is 15.2. The molecule has 0 aliphatic carbocycles. The van der Waals surface area contributed by atoms with Crippen LogP contribution in [0.1, 0.15) is 11.3 Å². The predicted octanol–water partition coefficient (Wildman–Crippen LogP) is 3.48. The van der Waals surface area contributed by atoms with Crippen LogP contribution < -0.4 is 18.8 Å². The molecule has 0 unspecified atom stereocenters. The van der Waals surface area contributed by atoms with Crippen LogP contribution in [0.25, 0.3) is 10.9 Å². The minimum Gasteiger partial charge on any atom is -0.496 e. The number of hydrogen-bond donors (Lipinski definition) is 0. The maximum absolute atomic E-state index is 5.59. The Morgan fingerprint density at radius 2 is 1.48 bits per heavy atom. The Hall–Kier alpha value is -2.75. The summed E-state index contributed by atoms with van der Waals surface area (Å²) in [5.74, 6) is 2.43. The van der Waals surface area contributed by atoms with Gasteiger partial charge in [-0.25, -0.2) is 0 Å². The van der Waals surface area contributed by atoms with E-state index in [2.05, 4.69) is 41.9 Å². The van der Waals surface area contributed by atoms with Crippen LogP contribution in [0.3, 0.4) is 0 Å². The average molecular weight is 338 g/mol. The molecule has 0 atom stereocenters. The zero-order chi connectivity index (χ0) is 17.8. The molecule has 0 aliphatic heterocycles. The molecule has 0 aliphatic rings. The summed E-state index contributed by atoms with van der Waals surface area (Å²) < 4.78 is 18.5. The zero-order valence-electron chi connectivity index (χ0n) is 15.2. The first-order valence-corrected chi connectivity index (χ1v) is 8.33. The lowest BCUT2D eigenvalue weighted by atomic mass is 10.1. The molecule has 0 N–H and O–H groups in total. The van der Waals surface area contributed by atoms with Gasteiger partial charge in [0, 0.05) is 18.6 Å². The quantitative estimate of drug-likeness (QED) is 0.645. The van der Waals surface area contributed by atoms with E-state index in [1.54, 1.807) is 21.3 Å². The maximum Gasteiger partial charge on any atom is 0.216 e. The van der Waals surface area contributed by atoms with Crippen LogP contribution in [0.15, 0.2) is 48.5 Å². The summed E-state index contributed by atoms with van der Waals surface area (Å²) in [7, 11) is 7.14. The van der Waals surface area contributed by atoms with E-state index >= 15 is 0 Å². The molecule has 25 heavy (non-hydrogen) atoms. The highest BCUT2D eigenvalue weighted by Crippen LogP contribution is 2.28. The van der Waals surface area contributed by atoms with E-state index in [1.807, 2.05) is 18.2 Å². The monoisotopic (exact) mass is 338 g/mol. The van der Waals surface area contributed by atoms with Crippen molar-refractivity contribution in [3.63, 3.8) is 0 Å². The molecule has 0 saturated heterocycles. The van der Waals surface area contributed by atoms with Gasteiger partial charge < -0.3 is 14.2 Å². The van der Waals surface area contributed by atoms with E-state index in [0.717, 1.165) is 35.5 Å². The standard InChI is InChI=1S/C21H24NO3/c1-22-16(14-20(24-3)17-7-5-6-8-18(17)22)11-9-15-10-12-19(23-2)21(13-15)25-4/h5-8,10,12-14H,9,11H2,1-4H3/q+1. The van der Waals surface area contributed by atoms with Crippen molar-refractivity contribution in [1.82, 2.24) is 0 Å². The van der Waals surface area contributed by atoms with Crippen molar-refractivity contribution >= 4 is 10.9 Å². The molecule has 0 spiro atoms. The molecule has 4 nitrogen and oxygen atoms in total. The molecule has 1 aromatic heterocycles. The van der Waals surface area contributed by atoms with E-state index < -0.39 is 0 Å². The first-order valence-electron chi connectivity index (χ1n) is 8.33. The predicted molar refractivity (Wildman–Crippen MR) is 98.6 cm³/mol. The van der Waals surface area contributed by atoms with Gasteiger partial charge in [-0.3, -0.25) is 0 Å². The number of ether oxygens (including phenoxy) is 3. The highest BCUT2D eigenvalue weighted by Gasteiger charge is 2.16. The fraction of sp³-hybridized carbons (Fsp3) is 0.286. The minimum absolute atomic E-state index is 0.754. The van der Waals surface area contributed by atoms with Gasteiger partial charge in [0.15, 0.2) is 17.2 Å². The number of rotatable bonds is 6. The number of para-hydroxylation sites is 1. The molecular weight excluding hydrogens is 314 g/mol. The number of benzene rings is 2. The average Bonchev–Trinajstić information content (AvgIpc) is 2.67. The Balaban J connectivity index is 1.90. The lowest BCUT2D eigenvalue weighted by Gasteiger charge is -2.10. The number of fused-ring (bicyclic) bond motifs is 1. The van der Waals surface area contributed by atoms with Crippen LogP contribution in [-0.2, 0) is 19.9 Å². The summed E-state index contributed by atoms with van der Waals surface area (Å²) in [6, 6.07) is 16.5. The SMILES string of the molecule is COc1ccc(CCc2cc(OC)c3ccccc3[n+]2C)cc1OC. The molecule has 0 saturated carbocycles. The number of methoxy groups -OCH3 is 3. The minimum atomic E-state index is 0.754. The summed E-state index contributed by atoms with van der Waals surface area (Å²) in [4.78, 5) is 0. The van der Waals surface area contributed by atoms with Crippen molar-refractivity contribution in [3.05, 3.63) is 59.8 Å². The van der Waals surface area contributed by atoms with Crippen LogP contribution in [0.2, 0.25) is 0 Å². The van der Waals surface area contributed by atoms with E-state index in [1.165, 1.54) is 16.8 Å². The smallest absolute Gasteiger partial charge is 0.216 e. The van der Waals surface area contributed by atoms with Crippen molar-refractivity contribution in [1.29, 1.82) is 0 Å². The van der Waals surface area contributed by atoms with Gasteiger partial charge in [0.2, 0.25) is 5.52 Å². The molecule has 3 aromatic rings. The molecule has 0 fully saturated rings. The first kappa shape index (κ1) is 17.1. The van der Waals surface area contributed by atoms with Crippen LogP contribution in [0.4, 0.5) is 0 Å². The molecule has 0 amide bonds. The Labute approximate surface area is 148 Å². The van der Waals surface area contributed by atoms with E-state index in [9.17, 15) is 0 Å². The topological polar surface area (TPSA) is 31.6 Å². The summed E-state index contributed by atoms with van der Waals surface area (Å²) >= 11 is 0. The van der Waals surface area contributed by atoms with Crippen LogP contribution in [0.5, 0.6) is 17.2 Å². The fourth-order valence-corrected chi connectivity index (χ4v) is 3.17. The van der Waals surface area contributed by atoms with Crippen molar-refractivity contribution in [2.45, 2.75) is 12.8 Å². The lowest BCUT2D eigenvalue weighted by molar-refractivity contribution is -0.652. The van der Waals surface area contributed by atoms with Crippen molar-refractivity contribution in [2.75, 3.05) is 21.3 Å². The van der Waals surface area contributed by atoms with E-state index in [4.69, 9.17) is 14.2 Å². The number of pyridine rings is 1. The second kappa shape index (κ2) is 7.43. The summed E-state index contributed by atoms with van der Waals surface area (Å²) in [6.07, 6.45) is 1.82. The number of aromatic nitrogens is 1. The largest absolute Gasteiger partial charge is 0.496 e. The summed E-state index contributed by atoms with van der Waals surface area (Å²) in [5.41, 5.74) is 3.61. The van der Waals surface area contributed by atoms with E-state index in [-0.39, 0.29) is 0 Å². The second-order valence-corrected chi connectivity index (χ2v) is 5.97. The van der Waals surface area contributed by atoms with Gasteiger partial charge >= 0.3 is 0 Å². The number of hydrogen-bond acceptors (Lipinski definition) is 3. The highest BCUT2D eigenvalue weighted by atomic mass is 16.5. The van der Waals surface area contributed by atoms with Gasteiger partial charge in [-0.05, 0) is 30.2 Å². The van der Waals surface area contributed by atoms with Gasteiger partial charge in [-0.15, -0.1) is 0 Å². The second-order valence-electron chi connectivity index (χ2n) is 5.97. The normalized spacial score (nSPS) is 10.7. The maximum atomic E-state index is 5.59. The van der Waals surface area contributed by atoms with Gasteiger partial charge in [-0.1, -0.05) is 18.2 Å². The third-order valence-electron chi connectivity index (χ3n) is 4.60. The molecule has 3 rings (SSSR count). The third-order valence-corrected chi connectivity index (χ3v) is 4.60. The molecule has 0 radical (unpaired) electrons. The molecular formula is C21H24NO3+. The van der Waals surface area contributed by atoms with Crippen LogP contribution >= 0.6 is 0 Å². The Morgan fingerprint density at radius 3 is 2.20 bits per heavy atom. The lowest BCUT2D eigenvalue weighted by Crippen LogP contribution is -2.35. The number of aryl methyl sites for hydroxylation is 3. The molecule has 0 bridgehead atoms. The summed E-state index contributed by atoms with van der Waals surface area (Å²) in [6.45, 7) is 0. The van der Waals surface area contributed by atoms with E-state index in [0.29, 0.717) is 0 Å². The van der Waals surface area contributed by atoms with Crippen molar-refractivity contribution in [2.24, 2.45) is 7.05 Å². The summed E-state index contributed by atoms with van der Waals surface area (Å²) in [5, 5.41) is 1.13. The number of nitrogens with zero attached hydrogens (tertiary/aromatic N) is 1. The third kappa shape index (κ3) is 3.38. The Bertz CT molecular complexity index is 890. The van der Waals surface area contributed by atoms with Gasteiger partial charge in [-0.2, -0.15) is 4.57 Å². The van der Waals surface area contributed by atoms with Gasteiger partial charge in [0.25, 0.3) is 0 Å². The highest BCUT2D eigenvalue weighted by molar-refractivity contribution is 5.82. The Morgan fingerprint density at radius 1 is 0.760 bits per heavy atom. The van der Waals surface area contributed by atoms with Crippen molar-refractivity contribution in [3.8, 4) is 17.2 Å². The van der Waals surface area contributed by atoms with Gasteiger partial charge in [0.05, 0.1) is 26.7 Å². The fourth-order valence-electron chi connectivity index (χ4n) is 3.17. The van der Waals surface area contributed by atoms with Crippen LogP contribution in [-0.4, -0.2) is 21.3 Å². The molecule has 4 heteroatoms.